The molecule has 0 bridgehead atoms. The topological polar surface area (TPSA) is 52.0 Å². The van der Waals surface area contributed by atoms with E-state index in [1.165, 1.54) is 0 Å². The second-order valence-electron chi connectivity index (χ2n) is 4.57. The monoisotopic (exact) mass is 264 g/mol. The molecule has 3 nitrogen and oxygen atoms in total. The van der Waals surface area contributed by atoms with Gasteiger partial charge in [-0.15, -0.1) is 0 Å². The van der Waals surface area contributed by atoms with Gasteiger partial charge in [0.25, 0.3) is 0 Å². The average molecular weight is 265 g/mol. The van der Waals surface area contributed by atoms with Gasteiger partial charge in [-0.3, -0.25) is 0 Å². The van der Waals surface area contributed by atoms with Crippen LogP contribution in [0.1, 0.15) is 26.0 Å². The lowest BCUT2D eigenvalue weighted by Gasteiger charge is -2.08. The van der Waals surface area contributed by atoms with Gasteiger partial charge >= 0.3 is 0 Å². The van der Waals surface area contributed by atoms with Gasteiger partial charge < -0.3 is 10.3 Å². The summed E-state index contributed by atoms with van der Waals surface area (Å²) in [5.74, 6) is 0.872. The van der Waals surface area contributed by atoms with Crippen molar-refractivity contribution in [3.63, 3.8) is 0 Å². The van der Waals surface area contributed by atoms with Gasteiger partial charge in [0.2, 0.25) is 5.88 Å². The summed E-state index contributed by atoms with van der Waals surface area (Å²) in [7, 11) is 0. The maximum Gasteiger partial charge on any atom is 0.230 e. The molecule has 18 heavy (non-hydrogen) atoms. The van der Waals surface area contributed by atoms with Gasteiger partial charge in [-0.25, -0.2) is 0 Å². The largest absolute Gasteiger partial charge is 0.367 e. The molecule has 0 aliphatic heterocycles. The predicted molar refractivity (Wildman–Crippen MR) is 74.5 cm³/mol. The van der Waals surface area contributed by atoms with E-state index in [0.29, 0.717) is 16.8 Å². The van der Waals surface area contributed by atoms with Crippen molar-refractivity contribution in [3.8, 4) is 11.1 Å². The van der Waals surface area contributed by atoms with E-state index in [1.807, 2.05) is 24.3 Å². The summed E-state index contributed by atoms with van der Waals surface area (Å²) in [6, 6.07) is 7.60. The molecular formula is C14H17ClN2O. The predicted octanol–water partition coefficient (Wildman–Crippen LogP) is 4.17. The fourth-order valence-electron chi connectivity index (χ4n) is 1.90. The van der Waals surface area contributed by atoms with Crippen molar-refractivity contribution in [2.75, 3.05) is 5.73 Å². The minimum absolute atomic E-state index is 0.335. The van der Waals surface area contributed by atoms with E-state index in [-0.39, 0.29) is 0 Å². The van der Waals surface area contributed by atoms with Gasteiger partial charge in [-0.2, -0.15) is 0 Å². The van der Waals surface area contributed by atoms with Crippen molar-refractivity contribution in [2.45, 2.75) is 26.7 Å². The van der Waals surface area contributed by atoms with Crippen LogP contribution >= 0.6 is 11.6 Å². The highest BCUT2D eigenvalue weighted by atomic mass is 35.5. The van der Waals surface area contributed by atoms with Crippen LogP contribution in [-0.2, 0) is 6.42 Å². The summed E-state index contributed by atoms with van der Waals surface area (Å²) in [4.78, 5) is 0. The van der Waals surface area contributed by atoms with Crippen LogP contribution in [0.4, 0.5) is 5.88 Å². The number of nitrogens with zero attached hydrogens (tertiary/aromatic N) is 1. The Bertz CT molecular complexity index is 536. The van der Waals surface area contributed by atoms with Crippen LogP contribution in [0.5, 0.6) is 0 Å². The number of halogens is 1. The molecule has 1 heterocycles. The third-order valence-corrected chi connectivity index (χ3v) is 3.50. The summed E-state index contributed by atoms with van der Waals surface area (Å²) in [6.07, 6.45) is 1.94. The number of benzene rings is 1. The van der Waals surface area contributed by atoms with Gasteiger partial charge in [0.05, 0.1) is 11.3 Å². The van der Waals surface area contributed by atoms with Crippen molar-refractivity contribution in [1.82, 2.24) is 5.16 Å². The first kappa shape index (κ1) is 13.0. The number of hydrogen-bond acceptors (Lipinski definition) is 3. The number of hydrogen-bond donors (Lipinski definition) is 1. The molecule has 4 heteroatoms. The van der Waals surface area contributed by atoms with Crippen molar-refractivity contribution >= 4 is 17.5 Å². The first-order chi connectivity index (χ1) is 8.63. The van der Waals surface area contributed by atoms with Crippen LogP contribution in [0.15, 0.2) is 28.8 Å². The quantitative estimate of drug-likeness (QED) is 0.902. The first-order valence-electron chi connectivity index (χ1n) is 6.12. The highest BCUT2D eigenvalue weighted by molar-refractivity contribution is 6.33. The Kier molecular flexibility index (Phi) is 3.92. The number of anilines is 1. The highest BCUT2D eigenvalue weighted by Crippen LogP contribution is 2.35. The maximum absolute atomic E-state index is 6.21. The summed E-state index contributed by atoms with van der Waals surface area (Å²) in [5, 5.41) is 4.73. The summed E-state index contributed by atoms with van der Waals surface area (Å²) < 4.78 is 5.12. The Balaban J connectivity index is 2.44. The van der Waals surface area contributed by atoms with Crippen LogP contribution in [-0.4, -0.2) is 5.16 Å². The van der Waals surface area contributed by atoms with E-state index in [9.17, 15) is 0 Å². The SMILES string of the molecule is CCC(C)Cc1noc(N)c1-c1ccccc1Cl. The average Bonchev–Trinajstić information content (AvgIpc) is 2.71. The second kappa shape index (κ2) is 5.44. The molecule has 0 spiro atoms. The summed E-state index contributed by atoms with van der Waals surface area (Å²) in [6.45, 7) is 4.34. The van der Waals surface area contributed by atoms with Crippen LogP contribution in [0.3, 0.4) is 0 Å². The van der Waals surface area contributed by atoms with Crippen molar-refractivity contribution in [3.05, 3.63) is 35.0 Å². The standard InChI is InChI=1S/C14H17ClN2O/c1-3-9(2)8-12-13(14(16)18-17-12)10-6-4-5-7-11(10)15/h4-7,9H,3,8,16H2,1-2H3. The van der Waals surface area contributed by atoms with E-state index in [0.717, 1.165) is 29.7 Å². The molecule has 1 aromatic heterocycles. The number of nitrogens with two attached hydrogens (primary N) is 1. The molecule has 1 aromatic carbocycles. The molecule has 2 rings (SSSR count). The minimum Gasteiger partial charge on any atom is -0.367 e. The minimum atomic E-state index is 0.335. The molecule has 2 N–H and O–H groups in total. The van der Waals surface area contributed by atoms with Gasteiger partial charge in [-0.1, -0.05) is 55.2 Å². The van der Waals surface area contributed by atoms with Crippen molar-refractivity contribution < 1.29 is 4.52 Å². The van der Waals surface area contributed by atoms with Gasteiger partial charge in [0.1, 0.15) is 0 Å². The van der Waals surface area contributed by atoms with Gasteiger partial charge in [0, 0.05) is 10.6 Å². The zero-order chi connectivity index (χ0) is 13.1. The molecule has 0 aliphatic carbocycles. The van der Waals surface area contributed by atoms with Crippen LogP contribution in [0.25, 0.3) is 11.1 Å². The second-order valence-corrected chi connectivity index (χ2v) is 4.97. The van der Waals surface area contributed by atoms with E-state index in [2.05, 4.69) is 19.0 Å². The summed E-state index contributed by atoms with van der Waals surface area (Å²) in [5.41, 5.74) is 8.48. The fraction of sp³-hybridized carbons (Fsp3) is 0.357. The summed E-state index contributed by atoms with van der Waals surface area (Å²) >= 11 is 6.21. The molecule has 96 valence electrons. The van der Waals surface area contributed by atoms with Crippen LogP contribution < -0.4 is 5.73 Å². The Morgan fingerprint density at radius 2 is 2.11 bits per heavy atom. The lowest BCUT2D eigenvalue weighted by molar-refractivity contribution is 0.418. The smallest absolute Gasteiger partial charge is 0.230 e. The van der Waals surface area contributed by atoms with Gasteiger partial charge in [-0.05, 0) is 18.4 Å². The molecule has 0 saturated heterocycles. The molecule has 2 aromatic rings. The number of rotatable bonds is 4. The Morgan fingerprint density at radius 3 is 2.78 bits per heavy atom. The lowest BCUT2D eigenvalue weighted by Crippen LogP contribution is -2.00. The Morgan fingerprint density at radius 1 is 1.39 bits per heavy atom. The maximum atomic E-state index is 6.21. The van der Waals surface area contributed by atoms with Crippen LogP contribution in [0, 0.1) is 5.92 Å². The third kappa shape index (κ3) is 2.51. The van der Waals surface area contributed by atoms with Crippen molar-refractivity contribution in [1.29, 1.82) is 0 Å². The molecular weight excluding hydrogens is 248 g/mol. The molecule has 0 radical (unpaired) electrons. The van der Waals surface area contributed by atoms with E-state index in [4.69, 9.17) is 21.9 Å². The zero-order valence-corrected chi connectivity index (χ0v) is 11.4. The number of nitrogen functional groups attached to an aromatic ring is 1. The Hall–Kier alpha value is -1.48. The molecule has 0 fully saturated rings. The number of aromatic nitrogens is 1. The van der Waals surface area contributed by atoms with E-state index in [1.54, 1.807) is 0 Å². The van der Waals surface area contributed by atoms with Gasteiger partial charge in [0.15, 0.2) is 0 Å². The van der Waals surface area contributed by atoms with E-state index < -0.39 is 0 Å². The Labute approximate surface area is 112 Å². The molecule has 0 amide bonds. The lowest BCUT2D eigenvalue weighted by atomic mass is 9.97. The first-order valence-corrected chi connectivity index (χ1v) is 6.50. The molecule has 1 atom stereocenters. The normalized spacial score (nSPS) is 12.6. The zero-order valence-electron chi connectivity index (χ0n) is 10.6. The third-order valence-electron chi connectivity index (χ3n) is 3.17. The fourth-order valence-corrected chi connectivity index (χ4v) is 2.13. The van der Waals surface area contributed by atoms with E-state index >= 15 is 0 Å². The highest BCUT2D eigenvalue weighted by Gasteiger charge is 2.19. The molecule has 1 unspecified atom stereocenters. The molecule has 0 saturated carbocycles. The van der Waals surface area contributed by atoms with Crippen LogP contribution in [0.2, 0.25) is 5.02 Å². The van der Waals surface area contributed by atoms with Crippen molar-refractivity contribution in [2.24, 2.45) is 5.92 Å². The molecule has 0 aliphatic rings.